The number of halogens is 3. The molecule has 0 unspecified atom stereocenters. The lowest BCUT2D eigenvalue weighted by molar-refractivity contribution is -0.135. The van der Waals surface area contributed by atoms with E-state index >= 15 is 0 Å². The Labute approximate surface area is 196 Å². The van der Waals surface area contributed by atoms with Gasteiger partial charge in [0.05, 0.1) is 6.54 Å². The van der Waals surface area contributed by atoms with Crippen LogP contribution in [0.4, 0.5) is 24.8 Å². The summed E-state index contributed by atoms with van der Waals surface area (Å²) in [6.45, 7) is 0.238. The summed E-state index contributed by atoms with van der Waals surface area (Å²) < 4.78 is 38.4. The fourth-order valence-corrected chi connectivity index (χ4v) is 3.74. The number of alkyl halides is 3. The van der Waals surface area contributed by atoms with Gasteiger partial charge in [-0.2, -0.15) is 18.4 Å². The molecule has 0 aliphatic rings. The molecule has 0 saturated heterocycles. The summed E-state index contributed by atoms with van der Waals surface area (Å²) in [5.74, 6) is -0.918. The highest BCUT2D eigenvalue weighted by Crippen LogP contribution is 2.12. The van der Waals surface area contributed by atoms with E-state index < -0.39 is 29.8 Å². The van der Waals surface area contributed by atoms with E-state index in [1.807, 2.05) is 0 Å². The van der Waals surface area contributed by atoms with Gasteiger partial charge in [0.15, 0.2) is 5.57 Å². The summed E-state index contributed by atoms with van der Waals surface area (Å²) in [5.41, 5.74) is -1.14. The van der Waals surface area contributed by atoms with Gasteiger partial charge in [-0.15, -0.1) is 11.3 Å². The van der Waals surface area contributed by atoms with Gasteiger partial charge in [0.2, 0.25) is 5.91 Å². The first-order valence-corrected chi connectivity index (χ1v) is 10.6. The molecule has 34 heavy (non-hydrogen) atoms. The van der Waals surface area contributed by atoms with Crippen LogP contribution in [0.25, 0.3) is 11.8 Å². The van der Waals surface area contributed by atoms with Crippen molar-refractivity contribution in [2.45, 2.75) is 19.6 Å². The third-order valence-corrected chi connectivity index (χ3v) is 5.18. The van der Waals surface area contributed by atoms with Gasteiger partial charge in [-0.3, -0.25) is 19.0 Å². The molecule has 0 bridgehead atoms. The minimum atomic E-state index is -4.65. The summed E-state index contributed by atoms with van der Waals surface area (Å²) in [5, 5.41) is 16.4. The number of rotatable bonds is 8. The Kier molecular flexibility index (Phi) is 8.93. The third kappa shape index (κ3) is 7.42. The number of carbonyl (C=O) groups is 2. The van der Waals surface area contributed by atoms with Crippen molar-refractivity contribution in [1.29, 1.82) is 5.26 Å². The second-order valence-electron chi connectivity index (χ2n) is 7.09. The van der Waals surface area contributed by atoms with Crippen molar-refractivity contribution in [3.8, 4) is 6.07 Å². The Morgan fingerprint density at radius 2 is 1.97 bits per heavy atom. The fraction of sp³-hybridized carbons (Fsp3) is 0.350. The Hall–Kier alpha value is -3.70. The summed E-state index contributed by atoms with van der Waals surface area (Å²) >= 11 is 0.774. The number of thiazole rings is 1. The first-order chi connectivity index (χ1) is 15.9. The standard InChI is InChI=1S/C20H22F3N7O3S/c1-4-30-18(33)13(34-19(30)12(8-24)17(32)26-11-20(21,22)23)9-25-14-6-5-7-15(27-14)28-16(31)10-29(2)3/h5-7,9H,4,10-11H2,1-3H3,(H,26,32)(H2,25,27,28,31)/b13-9+,19-12-. The maximum Gasteiger partial charge on any atom is 0.405 e. The summed E-state index contributed by atoms with van der Waals surface area (Å²) in [6.07, 6.45) is -3.34. The van der Waals surface area contributed by atoms with Crippen LogP contribution in [-0.2, 0) is 16.1 Å². The third-order valence-electron chi connectivity index (χ3n) is 4.05. The van der Waals surface area contributed by atoms with Crippen LogP contribution in [0, 0.1) is 11.3 Å². The average molecular weight is 498 g/mol. The van der Waals surface area contributed by atoms with E-state index in [0.717, 1.165) is 15.9 Å². The van der Waals surface area contributed by atoms with Gasteiger partial charge in [0, 0.05) is 12.7 Å². The van der Waals surface area contributed by atoms with Crippen LogP contribution in [0.5, 0.6) is 0 Å². The molecule has 14 heteroatoms. The highest BCUT2D eigenvalue weighted by atomic mass is 32.1. The van der Waals surface area contributed by atoms with Crippen LogP contribution in [0.3, 0.4) is 0 Å². The van der Waals surface area contributed by atoms with Gasteiger partial charge in [0.1, 0.15) is 33.4 Å². The van der Waals surface area contributed by atoms with Crippen LogP contribution in [0.2, 0.25) is 0 Å². The summed E-state index contributed by atoms with van der Waals surface area (Å²) in [4.78, 5) is 42.6. The molecule has 0 aromatic carbocycles. The predicted octanol–water partition coefficient (Wildman–Crippen LogP) is 0.0277. The molecule has 0 radical (unpaired) electrons. The Morgan fingerprint density at radius 1 is 1.29 bits per heavy atom. The van der Waals surface area contributed by atoms with Crippen molar-refractivity contribution in [3.63, 3.8) is 0 Å². The molecule has 0 fully saturated rings. The van der Waals surface area contributed by atoms with E-state index in [2.05, 4.69) is 15.6 Å². The number of likely N-dealkylation sites (N-methyl/N-ethyl adjacent to an activating group) is 1. The van der Waals surface area contributed by atoms with E-state index in [9.17, 15) is 32.8 Å². The molecule has 2 aromatic heterocycles. The quantitative estimate of drug-likeness (QED) is 0.469. The smallest absolute Gasteiger partial charge is 0.345 e. The van der Waals surface area contributed by atoms with Crippen LogP contribution in [0.1, 0.15) is 6.92 Å². The van der Waals surface area contributed by atoms with Crippen LogP contribution >= 0.6 is 11.3 Å². The first-order valence-electron chi connectivity index (χ1n) is 9.82. The van der Waals surface area contributed by atoms with Crippen LogP contribution < -0.4 is 30.7 Å². The zero-order valence-electron chi connectivity index (χ0n) is 18.5. The number of pyridine rings is 1. The summed E-state index contributed by atoms with van der Waals surface area (Å²) in [6, 6.07) is 6.38. The second kappa shape index (κ2) is 11.4. The Balaban J connectivity index is 2.37. The van der Waals surface area contributed by atoms with Crippen molar-refractivity contribution < 1.29 is 22.8 Å². The Bertz CT molecular complexity index is 1280. The van der Waals surface area contributed by atoms with Crippen molar-refractivity contribution in [2.24, 2.45) is 0 Å². The van der Waals surface area contributed by atoms with Crippen molar-refractivity contribution in [2.75, 3.05) is 37.8 Å². The number of amides is 2. The lowest BCUT2D eigenvalue weighted by Gasteiger charge is -2.10. The van der Waals surface area contributed by atoms with E-state index in [1.165, 1.54) is 6.20 Å². The molecule has 2 aromatic rings. The molecule has 0 aliphatic heterocycles. The molecule has 0 spiro atoms. The zero-order valence-corrected chi connectivity index (χ0v) is 19.3. The van der Waals surface area contributed by atoms with Gasteiger partial charge < -0.3 is 20.9 Å². The minimum absolute atomic E-state index is 0.0691. The second-order valence-corrected chi connectivity index (χ2v) is 8.12. The van der Waals surface area contributed by atoms with Crippen molar-refractivity contribution in [1.82, 2.24) is 19.8 Å². The van der Waals surface area contributed by atoms with Crippen molar-refractivity contribution in [3.05, 3.63) is 37.7 Å². The highest BCUT2D eigenvalue weighted by Gasteiger charge is 2.28. The Morgan fingerprint density at radius 3 is 2.56 bits per heavy atom. The number of nitrogens with zero attached hydrogens (tertiary/aromatic N) is 4. The molecule has 2 rings (SSSR count). The minimum Gasteiger partial charge on any atom is -0.345 e. The number of hydrogen-bond donors (Lipinski definition) is 3. The number of nitriles is 1. The molecule has 0 aliphatic carbocycles. The molecule has 182 valence electrons. The summed E-state index contributed by atoms with van der Waals surface area (Å²) in [7, 11) is 3.49. The molecular weight excluding hydrogens is 475 g/mol. The van der Waals surface area contributed by atoms with Gasteiger partial charge >= 0.3 is 6.18 Å². The molecule has 0 atom stereocenters. The molecule has 2 heterocycles. The number of hydrogen-bond acceptors (Lipinski definition) is 8. The fourth-order valence-electron chi connectivity index (χ4n) is 2.65. The molecule has 10 nitrogen and oxygen atoms in total. The SMILES string of the molecule is CCn1c(=O)/c(=C\Nc2cccc(NC(=O)CN(C)C)n2)s/c1=C(/C#N)C(=O)NCC(F)(F)F. The normalized spacial score (nSPS) is 12.8. The molecule has 2 amide bonds. The zero-order chi connectivity index (χ0) is 25.5. The maximum absolute atomic E-state index is 12.7. The molecule has 3 N–H and O–H groups in total. The van der Waals surface area contributed by atoms with E-state index in [-0.39, 0.29) is 34.0 Å². The van der Waals surface area contributed by atoms with Gasteiger partial charge in [-0.05, 0) is 33.2 Å². The molecule has 0 saturated carbocycles. The first kappa shape index (κ1) is 26.6. The van der Waals surface area contributed by atoms with Gasteiger partial charge in [-0.1, -0.05) is 6.07 Å². The number of nitrogens with one attached hydrogen (secondary N) is 3. The number of carbonyl (C=O) groups excluding carboxylic acids is 2. The number of aromatic nitrogens is 2. The lowest BCUT2D eigenvalue weighted by atomic mass is 10.3. The monoisotopic (exact) mass is 497 g/mol. The van der Waals surface area contributed by atoms with E-state index in [0.29, 0.717) is 5.82 Å². The van der Waals surface area contributed by atoms with Crippen molar-refractivity contribution >= 4 is 46.6 Å². The van der Waals surface area contributed by atoms with Gasteiger partial charge in [-0.25, -0.2) is 4.98 Å². The maximum atomic E-state index is 12.7. The lowest BCUT2D eigenvalue weighted by Crippen LogP contribution is -2.37. The predicted molar refractivity (Wildman–Crippen MR) is 121 cm³/mol. The van der Waals surface area contributed by atoms with Crippen LogP contribution in [0.15, 0.2) is 23.0 Å². The van der Waals surface area contributed by atoms with Crippen LogP contribution in [-0.4, -0.2) is 59.6 Å². The topological polar surface area (TPSA) is 132 Å². The largest absolute Gasteiger partial charge is 0.405 e. The van der Waals surface area contributed by atoms with E-state index in [1.54, 1.807) is 55.5 Å². The van der Waals surface area contributed by atoms with Gasteiger partial charge in [0.25, 0.3) is 11.5 Å². The number of anilines is 2. The molecular formula is C20H22F3N7O3S. The average Bonchev–Trinajstić information content (AvgIpc) is 3.05. The van der Waals surface area contributed by atoms with E-state index in [4.69, 9.17) is 0 Å². The highest BCUT2D eigenvalue weighted by molar-refractivity contribution is 7.07.